The molecule has 0 N–H and O–H groups in total. The normalized spacial score (nSPS) is 12.6. The fourth-order valence-electron chi connectivity index (χ4n) is 1.34. The van der Waals surface area contributed by atoms with E-state index in [9.17, 15) is 13.2 Å². The largest absolute Gasteiger partial charge is 0.416 e. The number of hydrogen-bond donors (Lipinski definition) is 0. The van der Waals surface area contributed by atoms with Crippen molar-refractivity contribution in [2.45, 2.75) is 26.4 Å². The third-order valence-electron chi connectivity index (χ3n) is 2.16. The predicted octanol–water partition coefficient (Wildman–Crippen LogP) is 3.86. The van der Waals surface area contributed by atoms with Crippen LogP contribution in [-0.2, 0) is 11.0 Å². The number of rotatable bonds is 4. The predicted molar refractivity (Wildman–Crippen MR) is 59.9 cm³/mol. The van der Waals surface area contributed by atoms with Crippen LogP contribution in [0.3, 0.4) is 0 Å². The highest BCUT2D eigenvalue weighted by atomic mass is 19.4. The van der Waals surface area contributed by atoms with Crippen molar-refractivity contribution in [1.29, 1.82) is 0 Å². The maximum Gasteiger partial charge on any atom is 0.416 e. The van der Waals surface area contributed by atoms with Crippen molar-refractivity contribution in [3.8, 4) is 0 Å². The van der Waals surface area contributed by atoms with Crippen molar-refractivity contribution in [3.05, 3.63) is 35.4 Å². The summed E-state index contributed by atoms with van der Waals surface area (Å²) >= 11 is 0. The molecule has 0 saturated heterocycles. The van der Waals surface area contributed by atoms with E-state index in [-0.39, 0.29) is 0 Å². The summed E-state index contributed by atoms with van der Waals surface area (Å²) in [5.74, 6) is 0. The molecule has 1 aromatic rings. The number of benzene rings is 1. The molecule has 0 atom stereocenters. The molecule has 0 saturated carbocycles. The molecular weight excluding hydrogens is 231 g/mol. The van der Waals surface area contributed by atoms with Gasteiger partial charge in [0.15, 0.2) is 0 Å². The van der Waals surface area contributed by atoms with Crippen molar-refractivity contribution in [2.75, 3.05) is 6.61 Å². The van der Waals surface area contributed by atoms with Crippen LogP contribution in [-0.4, -0.2) is 12.3 Å². The Bertz CT molecular complexity index is 399. The average Bonchev–Trinajstić information content (AvgIpc) is 2.29. The zero-order chi connectivity index (χ0) is 12.9. The van der Waals surface area contributed by atoms with Crippen LogP contribution in [0.15, 0.2) is 29.4 Å². The Labute approximate surface area is 98.1 Å². The highest BCUT2D eigenvalue weighted by molar-refractivity contribution is 6.00. The summed E-state index contributed by atoms with van der Waals surface area (Å²) in [5, 5.41) is 3.80. The van der Waals surface area contributed by atoms with Gasteiger partial charge in [-0.25, -0.2) is 0 Å². The molecule has 5 heteroatoms. The molecule has 1 aromatic carbocycles. The van der Waals surface area contributed by atoms with E-state index in [2.05, 4.69) is 5.16 Å². The van der Waals surface area contributed by atoms with Gasteiger partial charge in [-0.1, -0.05) is 24.2 Å². The summed E-state index contributed by atoms with van der Waals surface area (Å²) in [6.07, 6.45) is -3.82. The minimum Gasteiger partial charge on any atom is -0.396 e. The second-order valence-corrected chi connectivity index (χ2v) is 3.39. The van der Waals surface area contributed by atoms with Crippen molar-refractivity contribution in [2.24, 2.45) is 5.16 Å². The maximum atomic E-state index is 12.5. The third kappa shape index (κ3) is 3.76. The van der Waals surface area contributed by atoms with E-state index in [4.69, 9.17) is 4.84 Å². The van der Waals surface area contributed by atoms with Gasteiger partial charge in [0.2, 0.25) is 0 Å². The first-order valence-electron chi connectivity index (χ1n) is 5.35. The summed E-state index contributed by atoms with van der Waals surface area (Å²) in [4.78, 5) is 4.87. The average molecular weight is 245 g/mol. The lowest BCUT2D eigenvalue weighted by molar-refractivity contribution is -0.137. The molecule has 0 amide bonds. The summed E-state index contributed by atoms with van der Waals surface area (Å²) in [6.45, 7) is 3.98. The molecule has 17 heavy (non-hydrogen) atoms. The van der Waals surface area contributed by atoms with Gasteiger partial charge >= 0.3 is 6.18 Å². The van der Waals surface area contributed by atoms with E-state index in [0.717, 1.165) is 12.1 Å². The standard InChI is InChI=1S/C12H14F3NO/c1-3-11(16-17-4-2)9-6-5-7-10(8-9)12(13,14)15/h5-8H,3-4H2,1-2H3. The van der Waals surface area contributed by atoms with E-state index in [1.165, 1.54) is 6.07 Å². The maximum absolute atomic E-state index is 12.5. The summed E-state index contributed by atoms with van der Waals surface area (Å²) in [7, 11) is 0. The van der Waals surface area contributed by atoms with Crippen LogP contribution in [0.1, 0.15) is 31.4 Å². The Morgan fingerprint density at radius 2 is 2.00 bits per heavy atom. The van der Waals surface area contributed by atoms with E-state index < -0.39 is 11.7 Å². The number of alkyl halides is 3. The molecule has 0 heterocycles. The Balaban J connectivity index is 3.05. The number of nitrogens with zero attached hydrogens (tertiary/aromatic N) is 1. The van der Waals surface area contributed by atoms with E-state index in [1.807, 2.05) is 6.92 Å². The van der Waals surface area contributed by atoms with Crippen molar-refractivity contribution >= 4 is 5.71 Å². The highest BCUT2D eigenvalue weighted by Gasteiger charge is 2.30. The van der Waals surface area contributed by atoms with E-state index in [1.54, 1.807) is 13.0 Å². The monoisotopic (exact) mass is 245 g/mol. The number of halogens is 3. The molecule has 0 radical (unpaired) electrons. The summed E-state index contributed by atoms with van der Waals surface area (Å²) < 4.78 is 37.5. The van der Waals surface area contributed by atoms with Gasteiger partial charge in [-0.15, -0.1) is 0 Å². The summed E-state index contributed by atoms with van der Waals surface area (Å²) in [6, 6.07) is 5.09. The molecule has 0 aliphatic rings. The molecule has 0 aromatic heterocycles. The SMILES string of the molecule is CCON=C(CC)c1cccc(C(F)(F)F)c1. The van der Waals surface area contributed by atoms with Crippen LogP contribution < -0.4 is 0 Å². The van der Waals surface area contributed by atoms with Gasteiger partial charge in [0.05, 0.1) is 11.3 Å². The Kier molecular flexibility index (Phi) is 4.54. The Morgan fingerprint density at radius 3 is 2.53 bits per heavy atom. The second kappa shape index (κ2) is 5.70. The van der Waals surface area contributed by atoms with Crippen molar-refractivity contribution < 1.29 is 18.0 Å². The minimum atomic E-state index is -4.33. The first-order chi connectivity index (χ1) is 7.99. The Hall–Kier alpha value is -1.52. The van der Waals surface area contributed by atoms with Crippen LogP contribution in [0, 0.1) is 0 Å². The molecular formula is C12H14F3NO. The summed E-state index contributed by atoms with van der Waals surface area (Å²) in [5.41, 5.74) is 0.279. The van der Waals surface area contributed by atoms with Gasteiger partial charge in [0.1, 0.15) is 6.61 Å². The highest BCUT2D eigenvalue weighted by Crippen LogP contribution is 2.29. The molecule has 0 spiro atoms. The molecule has 0 unspecified atom stereocenters. The molecule has 0 bridgehead atoms. The molecule has 2 nitrogen and oxygen atoms in total. The topological polar surface area (TPSA) is 21.6 Å². The second-order valence-electron chi connectivity index (χ2n) is 3.39. The van der Waals surface area contributed by atoms with Gasteiger partial charge < -0.3 is 4.84 Å². The lowest BCUT2D eigenvalue weighted by Crippen LogP contribution is -2.08. The Morgan fingerprint density at radius 1 is 1.29 bits per heavy atom. The van der Waals surface area contributed by atoms with Crippen molar-refractivity contribution in [1.82, 2.24) is 0 Å². The fourth-order valence-corrected chi connectivity index (χ4v) is 1.34. The van der Waals surface area contributed by atoms with E-state index in [0.29, 0.717) is 24.3 Å². The van der Waals surface area contributed by atoms with Crippen LogP contribution in [0.4, 0.5) is 13.2 Å². The third-order valence-corrected chi connectivity index (χ3v) is 2.16. The van der Waals surface area contributed by atoms with Gasteiger partial charge in [-0.2, -0.15) is 13.2 Å². The van der Waals surface area contributed by atoms with Gasteiger partial charge in [-0.3, -0.25) is 0 Å². The quantitative estimate of drug-likeness (QED) is 0.583. The molecule has 0 aliphatic carbocycles. The van der Waals surface area contributed by atoms with Crippen LogP contribution in [0.2, 0.25) is 0 Å². The molecule has 94 valence electrons. The fraction of sp³-hybridized carbons (Fsp3) is 0.417. The van der Waals surface area contributed by atoms with Crippen molar-refractivity contribution in [3.63, 3.8) is 0 Å². The molecule has 1 rings (SSSR count). The zero-order valence-corrected chi connectivity index (χ0v) is 9.71. The van der Waals surface area contributed by atoms with Gasteiger partial charge in [-0.05, 0) is 31.0 Å². The zero-order valence-electron chi connectivity index (χ0n) is 9.71. The smallest absolute Gasteiger partial charge is 0.396 e. The molecule has 0 aliphatic heterocycles. The van der Waals surface area contributed by atoms with Gasteiger partial charge in [0.25, 0.3) is 0 Å². The van der Waals surface area contributed by atoms with Gasteiger partial charge in [0, 0.05) is 0 Å². The van der Waals surface area contributed by atoms with Crippen LogP contribution in [0.25, 0.3) is 0 Å². The molecule has 0 fully saturated rings. The number of oxime groups is 1. The lowest BCUT2D eigenvalue weighted by Gasteiger charge is -2.09. The minimum absolute atomic E-state index is 0.391. The van der Waals surface area contributed by atoms with E-state index >= 15 is 0 Å². The first-order valence-corrected chi connectivity index (χ1v) is 5.35. The first kappa shape index (κ1) is 13.5. The number of hydrogen-bond acceptors (Lipinski definition) is 2. The lowest BCUT2D eigenvalue weighted by atomic mass is 10.0. The van der Waals surface area contributed by atoms with Crippen LogP contribution >= 0.6 is 0 Å². The van der Waals surface area contributed by atoms with Crippen LogP contribution in [0.5, 0.6) is 0 Å².